The molecule has 0 bridgehead atoms. The van der Waals surface area contributed by atoms with Gasteiger partial charge < -0.3 is 9.73 Å². The molecule has 0 aliphatic heterocycles. The highest BCUT2D eigenvalue weighted by molar-refractivity contribution is 6.36. The third kappa shape index (κ3) is 4.16. The molecule has 1 N–H and O–H groups in total. The zero-order chi connectivity index (χ0) is 20.4. The van der Waals surface area contributed by atoms with Crippen molar-refractivity contribution in [3.05, 3.63) is 87.9 Å². The Morgan fingerprint density at radius 3 is 2.38 bits per heavy atom. The maximum absolute atomic E-state index is 12.5. The van der Waals surface area contributed by atoms with E-state index < -0.39 is 0 Å². The lowest BCUT2D eigenvalue weighted by Gasteiger charge is -2.07. The molecule has 1 heterocycles. The van der Waals surface area contributed by atoms with Crippen molar-refractivity contribution >= 4 is 34.8 Å². The van der Waals surface area contributed by atoms with Crippen LogP contribution in [0, 0.1) is 6.92 Å². The first-order valence-corrected chi connectivity index (χ1v) is 9.53. The van der Waals surface area contributed by atoms with Gasteiger partial charge in [-0.1, -0.05) is 41.4 Å². The number of hydrogen-bond acceptors (Lipinski definition) is 4. The topological polar surface area (TPSA) is 68.0 Å². The molecule has 0 saturated heterocycles. The number of rotatable bonds is 4. The normalized spacial score (nSPS) is 10.7. The Morgan fingerprint density at radius 2 is 1.66 bits per heavy atom. The summed E-state index contributed by atoms with van der Waals surface area (Å²) in [5.41, 5.74) is 3.62. The molecule has 0 aliphatic carbocycles. The molecule has 0 unspecified atom stereocenters. The molecule has 144 valence electrons. The molecule has 0 saturated carbocycles. The van der Waals surface area contributed by atoms with E-state index in [1.807, 2.05) is 31.2 Å². The number of nitrogens with zero attached hydrogens (tertiary/aromatic N) is 2. The summed E-state index contributed by atoms with van der Waals surface area (Å²) < 4.78 is 5.81. The molecule has 0 aliphatic rings. The minimum atomic E-state index is -0.285. The van der Waals surface area contributed by atoms with Crippen LogP contribution in [0.4, 0.5) is 5.69 Å². The van der Waals surface area contributed by atoms with Crippen LogP contribution in [0.15, 0.2) is 71.1 Å². The monoisotopic (exact) mass is 423 g/mol. The quantitative estimate of drug-likeness (QED) is 0.419. The van der Waals surface area contributed by atoms with Gasteiger partial charge in [-0.05, 0) is 61.0 Å². The van der Waals surface area contributed by atoms with Crippen molar-refractivity contribution in [1.82, 2.24) is 10.2 Å². The van der Waals surface area contributed by atoms with E-state index >= 15 is 0 Å². The fourth-order valence-electron chi connectivity index (χ4n) is 2.81. The van der Waals surface area contributed by atoms with Gasteiger partial charge in [-0.2, -0.15) is 0 Å². The van der Waals surface area contributed by atoms with E-state index in [0.29, 0.717) is 33.1 Å². The average molecular weight is 424 g/mol. The Bertz CT molecular complexity index is 1190. The van der Waals surface area contributed by atoms with Crippen LogP contribution in [-0.4, -0.2) is 16.1 Å². The molecule has 1 amide bonds. The third-order valence-electron chi connectivity index (χ3n) is 4.37. The smallest absolute Gasteiger partial charge is 0.255 e. The van der Waals surface area contributed by atoms with Gasteiger partial charge in [0.05, 0.1) is 10.7 Å². The van der Waals surface area contributed by atoms with E-state index in [1.54, 1.807) is 42.5 Å². The number of anilines is 1. The zero-order valence-electron chi connectivity index (χ0n) is 15.3. The minimum Gasteiger partial charge on any atom is -0.416 e. The van der Waals surface area contributed by atoms with E-state index in [2.05, 4.69) is 15.5 Å². The van der Waals surface area contributed by atoms with Gasteiger partial charge in [-0.25, -0.2) is 0 Å². The molecule has 0 fully saturated rings. The van der Waals surface area contributed by atoms with E-state index in [1.165, 1.54) is 0 Å². The van der Waals surface area contributed by atoms with Crippen LogP contribution in [0.1, 0.15) is 15.9 Å². The highest BCUT2D eigenvalue weighted by Crippen LogP contribution is 2.28. The molecule has 7 heteroatoms. The Labute approximate surface area is 177 Å². The van der Waals surface area contributed by atoms with Crippen molar-refractivity contribution in [1.29, 1.82) is 0 Å². The summed E-state index contributed by atoms with van der Waals surface area (Å²) in [5.74, 6) is 0.556. The molecular formula is C22H15Cl2N3O2. The molecule has 3 aromatic carbocycles. The number of aromatic nitrogens is 2. The predicted octanol–water partition coefficient (Wildman–Crippen LogP) is 6.27. The van der Waals surface area contributed by atoms with Crippen molar-refractivity contribution in [2.24, 2.45) is 0 Å². The van der Waals surface area contributed by atoms with Crippen LogP contribution < -0.4 is 5.32 Å². The summed E-state index contributed by atoms with van der Waals surface area (Å²) in [6.45, 7) is 1.99. The molecule has 1 aromatic heterocycles. The Kier molecular flexibility index (Phi) is 5.34. The fraction of sp³-hybridized carbons (Fsp3) is 0.0455. The van der Waals surface area contributed by atoms with E-state index in [4.69, 9.17) is 27.6 Å². The van der Waals surface area contributed by atoms with Crippen molar-refractivity contribution in [3.8, 4) is 22.9 Å². The van der Waals surface area contributed by atoms with E-state index in [0.717, 1.165) is 16.7 Å². The fourth-order valence-corrected chi connectivity index (χ4v) is 3.27. The lowest BCUT2D eigenvalue weighted by atomic mass is 10.1. The van der Waals surface area contributed by atoms with Crippen molar-refractivity contribution < 1.29 is 9.21 Å². The van der Waals surface area contributed by atoms with Crippen molar-refractivity contribution in [3.63, 3.8) is 0 Å². The van der Waals surface area contributed by atoms with Crippen LogP contribution in [0.5, 0.6) is 0 Å². The molecule has 0 spiro atoms. The van der Waals surface area contributed by atoms with Crippen molar-refractivity contribution in [2.45, 2.75) is 6.92 Å². The summed E-state index contributed by atoms with van der Waals surface area (Å²) >= 11 is 12.0. The van der Waals surface area contributed by atoms with Gasteiger partial charge in [0.2, 0.25) is 11.8 Å². The summed E-state index contributed by atoms with van der Waals surface area (Å²) in [6, 6.07) is 19.6. The summed E-state index contributed by atoms with van der Waals surface area (Å²) in [6.07, 6.45) is 0. The Morgan fingerprint density at radius 1 is 0.931 bits per heavy atom. The van der Waals surface area contributed by atoms with Gasteiger partial charge in [0.25, 0.3) is 5.91 Å². The second kappa shape index (κ2) is 8.07. The second-order valence-corrected chi connectivity index (χ2v) is 7.23. The van der Waals surface area contributed by atoms with Gasteiger partial charge in [0.1, 0.15) is 0 Å². The van der Waals surface area contributed by atoms with Crippen molar-refractivity contribution in [2.75, 3.05) is 5.32 Å². The molecule has 5 nitrogen and oxygen atoms in total. The van der Waals surface area contributed by atoms with Crippen LogP contribution in [-0.2, 0) is 0 Å². The first-order valence-electron chi connectivity index (χ1n) is 8.77. The summed E-state index contributed by atoms with van der Waals surface area (Å²) in [4.78, 5) is 12.5. The minimum absolute atomic E-state index is 0.285. The van der Waals surface area contributed by atoms with Crippen LogP contribution in [0.25, 0.3) is 22.9 Å². The standard InChI is InChI=1S/C22H15Cl2N3O2/c1-13-4-2-3-5-17(13)22-27-26-21(29-22)15-8-6-14(7-9-15)20(28)25-19-11-10-16(23)12-18(19)24/h2-12H,1H3,(H,25,28). The maximum atomic E-state index is 12.5. The molecule has 0 radical (unpaired) electrons. The molecule has 4 aromatic rings. The third-order valence-corrected chi connectivity index (χ3v) is 4.92. The zero-order valence-corrected chi connectivity index (χ0v) is 16.8. The van der Waals surface area contributed by atoms with Crippen LogP contribution in [0.3, 0.4) is 0 Å². The van der Waals surface area contributed by atoms with E-state index in [9.17, 15) is 4.79 Å². The van der Waals surface area contributed by atoms with Crippen LogP contribution >= 0.6 is 23.2 Å². The molecule has 29 heavy (non-hydrogen) atoms. The maximum Gasteiger partial charge on any atom is 0.255 e. The second-order valence-electron chi connectivity index (χ2n) is 6.38. The number of carbonyl (C=O) groups excluding carboxylic acids is 1. The lowest BCUT2D eigenvalue weighted by molar-refractivity contribution is 0.102. The number of amides is 1. The molecular weight excluding hydrogens is 409 g/mol. The van der Waals surface area contributed by atoms with Crippen LogP contribution in [0.2, 0.25) is 10.0 Å². The number of aryl methyl sites for hydroxylation is 1. The van der Waals surface area contributed by atoms with Gasteiger partial charge in [0, 0.05) is 21.7 Å². The Balaban J connectivity index is 1.52. The number of carbonyl (C=O) groups is 1. The summed E-state index contributed by atoms with van der Waals surface area (Å²) in [7, 11) is 0. The largest absolute Gasteiger partial charge is 0.416 e. The first kappa shape index (κ1) is 19.2. The van der Waals surface area contributed by atoms with Gasteiger partial charge >= 0.3 is 0 Å². The number of nitrogens with one attached hydrogen (secondary N) is 1. The number of halogens is 2. The Hall–Kier alpha value is -3.15. The first-order chi connectivity index (χ1) is 14.0. The van der Waals surface area contributed by atoms with Gasteiger partial charge in [-0.3, -0.25) is 4.79 Å². The highest BCUT2D eigenvalue weighted by Gasteiger charge is 2.14. The molecule has 0 atom stereocenters. The highest BCUT2D eigenvalue weighted by atomic mass is 35.5. The molecule has 4 rings (SSSR count). The average Bonchev–Trinajstić information content (AvgIpc) is 3.20. The summed E-state index contributed by atoms with van der Waals surface area (Å²) in [5, 5.41) is 11.9. The predicted molar refractivity (Wildman–Crippen MR) is 114 cm³/mol. The number of benzene rings is 3. The van der Waals surface area contributed by atoms with Gasteiger partial charge in [-0.15, -0.1) is 10.2 Å². The van der Waals surface area contributed by atoms with E-state index in [-0.39, 0.29) is 5.91 Å². The SMILES string of the molecule is Cc1ccccc1-c1nnc(-c2ccc(C(=O)Nc3ccc(Cl)cc3Cl)cc2)o1. The van der Waals surface area contributed by atoms with Gasteiger partial charge in [0.15, 0.2) is 0 Å². The number of hydrogen-bond donors (Lipinski definition) is 1. The lowest BCUT2D eigenvalue weighted by Crippen LogP contribution is -2.12.